The Morgan fingerprint density at radius 3 is 0.846 bits per heavy atom. The molecule has 0 aromatic rings. The van der Waals surface area contributed by atoms with Gasteiger partial charge in [0.25, 0.3) is 0 Å². The zero-order valence-electron chi connectivity index (χ0n) is 25.9. The van der Waals surface area contributed by atoms with Crippen LogP contribution in [0.25, 0.3) is 0 Å². The van der Waals surface area contributed by atoms with E-state index < -0.39 is 12.6 Å². The summed E-state index contributed by atoms with van der Waals surface area (Å²) in [6.07, 6.45) is 22.6. The Balaban J connectivity index is -0.000000424. The third-order valence-electron chi connectivity index (χ3n) is 5.81. The van der Waals surface area contributed by atoms with Crippen molar-refractivity contribution >= 4 is 0 Å². The van der Waals surface area contributed by atoms with Crippen LogP contribution in [0.1, 0.15) is 142 Å². The Kier molecular flexibility index (Phi) is 55.5. The molecule has 0 saturated carbocycles. The van der Waals surface area contributed by atoms with E-state index in [0.29, 0.717) is 32.5 Å². The van der Waals surface area contributed by atoms with E-state index >= 15 is 0 Å². The van der Waals surface area contributed by atoms with Crippen LogP contribution in [0.15, 0.2) is 0 Å². The van der Waals surface area contributed by atoms with Crippen molar-refractivity contribution < 1.29 is 30.3 Å². The fourth-order valence-electron chi connectivity index (χ4n) is 3.58. The minimum absolute atomic E-state index is 0.0972. The van der Waals surface area contributed by atoms with Crippen LogP contribution in [0.4, 0.5) is 0 Å². The van der Waals surface area contributed by atoms with Gasteiger partial charge < -0.3 is 47.5 Å². The third kappa shape index (κ3) is 58.3. The van der Waals surface area contributed by atoms with Gasteiger partial charge in [-0.25, -0.2) is 0 Å². The summed E-state index contributed by atoms with van der Waals surface area (Å²) in [6.45, 7) is 5.92. The second-order valence-electron chi connectivity index (χ2n) is 9.82. The lowest BCUT2D eigenvalue weighted by Crippen LogP contribution is -2.21. The van der Waals surface area contributed by atoms with E-state index in [0.717, 1.165) is 25.7 Å². The maximum atomic E-state index is 9.88. The molecule has 0 rings (SSSR count). The number of unbranched alkanes of at least 4 members (excludes halogenated alkanes) is 16. The molecule has 0 bridgehead atoms. The minimum atomic E-state index is -0.803. The second-order valence-corrected chi connectivity index (χ2v) is 9.82. The SMILES string of the molecule is CCCCCCCCCCCC(O)OC(O)CCCCCCCCCCC.NCCO.NCCO.NCCO. The summed E-state index contributed by atoms with van der Waals surface area (Å²) in [5.41, 5.74) is 14.3. The van der Waals surface area contributed by atoms with Gasteiger partial charge in [0.2, 0.25) is 0 Å². The molecule has 0 aliphatic heterocycles. The van der Waals surface area contributed by atoms with Gasteiger partial charge in [-0.1, -0.05) is 117 Å². The molecule has 0 saturated heterocycles. The van der Waals surface area contributed by atoms with E-state index in [1.54, 1.807) is 0 Å². The van der Waals surface area contributed by atoms with Crippen LogP contribution in [-0.2, 0) is 4.74 Å². The smallest absolute Gasteiger partial charge is 0.157 e. The summed E-state index contributed by atoms with van der Waals surface area (Å²) < 4.78 is 5.31. The van der Waals surface area contributed by atoms with Crippen molar-refractivity contribution in [3.8, 4) is 0 Å². The summed E-state index contributed by atoms with van der Waals surface area (Å²) in [4.78, 5) is 0. The molecule has 242 valence electrons. The first-order valence-electron chi connectivity index (χ1n) is 15.9. The first-order valence-corrected chi connectivity index (χ1v) is 15.9. The lowest BCUT2D eigenvalue weighted by molar-refractivity contribution is -0.212. The highest BCUT2D eigenvalue weighted by molar-refractivity contribution is 4.52. The monoisotopic (exact) mass is 570 g/mol. The van der Waals surface area contributed by atoms with Crippen LogP contribution in [0.2, 0.25) is 0 Å². The average Bonchev–Trinajstić information content (AvgIpc) is 2.95. The number of nitrogens with two attached hydrogens (primary N) is 3. The molecule has 0 heterocycles. The maximum absolute atomic E-state index is 9.88. The molecular formula is C30H71N3O6. The van der Waals surface area contributed by atoms with Gasteiger partial charge in [0.05, 0.1) is 19.8 Å². The Hall–Kier alpha value is -0.360. The quantitative estimate of drug-likeness (QED) is 0.0585. The second kappa shape index (κ2) is 47.4. The van der Waals surface area contributed by atoms with Crippen LogP contribution in [0.3, 0.4) is 0 Å². The van der Waals surface area contributed by atoms with E-state index in [9.17, 15) is 10.2 Å². The van der Waals surface area contributed by atoms with Gasteiger partial charge in [-0.05, 0) is 25.7 Å². The molecule has 0 aromatic carbocycles. The summed E-state index contributed by atoms with van der Waals surface area (Å²) in [7, 11) is 0. The zero-order valence-corrected chi connectivity index (χ0v) is 25.9. The van der Waals surface area contributed by atoms with Gasteiger partial charge in [-0.15, -0.1) is 0 Å². The van der Waals surface area contributed by atoms with E-state index in [-0.39, 0.29) is 19.8 Å². The molecule has 2 unspecified atom stereocenters. The zero-order chi connectivity index (χ0) is 30.2. The van der Waals surface area contributed by atoms with Gasteiger partial charge in [0, 0.05) is 19.6 Å². The Labute approximate surface area is 241 Å². The van der Waals surface area contributed by atoms with Gasteiger partial charge in [-0.2, -0.15) is 0 Å². The highest BCUT2D eigenvalue weighted by Gasteiger charge is 2.11. The van der Waals surface area contributed by atoms with Crippen LogP contribution in [-0.4, -0.2) is 77.6 Å². The van der Waals surface area contributed by atoms with Crippen molar-refractivity contribution in [3.63, 3.8) is 0 Å². The Bertz CT molecular complexity index is 330. The van der Waals surface area contributed by atoms with E-state index in [2.05, 4.69) is 13.8 Å². The first kappa shape index (κ1) is 45.6. The number of hydrogen-bond donors (Lipinski definition) is 8. The predicted molar refractivity (Wildman–Crippen MR) is 165 cm³/mol. The highest BCUT2D eigenvalue weighted by Crippen LogP contribution is 2.15. The molecule has 0 radical (unpaired) electrons. The Morgan fingerprint density at radius 1 is 0.436 bits per heavy atom. The largest absolute Gasteiger partial charge is 0.395 e. The number of aliphatic hydroxyl groups is 5. The Morgan fingerprint density at radius 2 is 0.641 bits per heavy atom. The summed E-state index contributed by atoms with van der Waals surface area (Å²) in [6, 6.07) is 0. The van der Waals surface area contributed by atoms with Gasteiger partial charge in [-0.3, -0.25) is 0 Å². The number of hydrogen-bond acceptors (Lipinski definition) is 9. The average molecular weight is 570 g/mol. The molecule has 0 amide bonds. The molecule has 39 heavy (non-hydrogen) atoms. The highest BCUT2D eigenvalue weighted by atomic mass is 16.7. The summed E-state index contributed by atoms with van der Waals surface area (Å²) >= 11 is 0. The fourth-order valence-corrected chi connectivity index (χ4v) is 3.58. The number of ether oxygens (including phenoxy) is 1. The molecule has 0 spiro atoms. The third-order valence-corrected chi connectivity index (χ3v) is 5.81. The molecule has 2 atom stereocenters. The lowest BCUT2D eigenvalue weighted by atomic mass is 10.1. The molecular weight excluding hydrogens is 498 g/mol. The number of aliphatic hydroxyl groups excluding tert-OH is 5. The van der Waals surface area contributed by atoms with E-state index in [4.69, 9.17) is 37.3 Å². The van der Waals surface area contributed by atoms with Crippen LogP contribution in [0, 0.1) is 0 Å². The fraction of sp³-hybridized carbons (Fsp3) is 1.00. The van der Waals surface area contributed by atoms with Crippen molar-refractivity contribution in [2.45, 2.75) is 155 Å². The van der Waals surface area contributed by atoms with Crippen molar-refractivity contribution in [2.24, 2.45) is 17.2 Å². The predicted octanol–water partition coefficient (Wildman–Crippen LogP) is 4.29. The maximum Gasteiger partial charge on any atom is 0.157 e. The summed E-state index contributed by atoms with van der Waals surface area (Å²) in [5, 5.41) is 43.0. The van der Waals surface area contributed by atoms with Crippen molar-refractivity contribution in [2.75, 3.05) is 39.5 Å². The molecule has 9 nitrogen and oxygen atoms in total. The summed E-state index contributed by atoms with van der Waals surface area (Å²) in [5.74, 6) is 0. The van der Waals surface area contributed by atoms with Crippen LogP contribution >= 0.6 is 0 Å². The van der Waals surface area contributed by atoms with Gasteiger partial charge in [0.1, 0.15) is 0 Å². The standard InChI is InChI=1S/C24H50O3.3C2H7NO/c1-3-5-7-9-11-13-15-17-19-21-23(25)27-24(26)22-20-18-16-14-12-10-8-6-4-2;3*3-1-2-4/h23-26H,3-22H2,1-2H3;3*4H,1-3H2. The number of rotatable bonds is 25. The van der Waals surface area contributed by atoms with Crippen LogP contribution in [0.5, 0.6) is 0 Å². The molecule has 0 aromatic heterocycles. The van der Waals surface area contributed by atoms with Crippen molar-refractivity contribution in [3.05, 3.63) is 0 Å². The van der Waals surface area contributed by atoms with Gasteiger partial charge >= 0.3 is 0 Å². The molecule has 11 N–H and O–H groups in total. The molecule has 9 heteroatoms. The van der Waals surface area contributed by atoms with Gasteiger partial charge in [0.15, 0.2) is 12.6 Å². The first-order chi connectivity index (χ1) is 18.9. The molecule has 0 fully saturated rings. The van der Waals surface area contributed by atoms with Crippen molar-refractivity contribution in [1.82, 2.24) is 0 Å². The topological polar surface area (TPSA) is 188 Å². The van der Waals surface area contributed by atoms with E-state index in [1.807, 2.05) is 0 Å². The molecule has 0 aliphatic rings. The van der Waals surface area contributed by atoms with Crippen molar-refractivity contribution in [1.29, 1.82) is 0 Å². The normalized spacial score (nSPS) is 11.8. The minimum Gasteiger partial charge on any atom is -0.395 e. The molecule has 0 aliphatic carbocycles. The van der Waals surface area contributed by atoms with Crippen LogP contribution < -0.4 is 17.2 Å². The van der Waals surface area contributed by atoms with E-state index in [1.165, 1.54) is 89.9 Å². The lowest BCUT2D eigenvalue weighted by Gasteiger charge is -2.17.